The van der Waals surface area contributed by atoms with Gasteiger partial charge in [0.15, 0.2) is 11.2 Å². The van der Waals surface area contributed by atoms with Crippen molar-refractivity contribution in [1.29, 1.82) is 0 Å². The monoisotopic (exact) mass is 758 g/mol. The summed E-state index contributed by atoms with van der Waals surface area (Å²) >= 11 is 0. The summed E-state index contributed by atoms with van der Waals surface area (Å²) in [5.41, 5.74) is -0.364. The number of hydrogen-bond donors (Lipinski definition) is 1. The first-order chi connectivity index (χ1) is 24.4. The lowest BCUT2D eigenvalue weighted by Crippen LogP contribution is -2.70. The molecule has 17 heteroatoms. The molecule has 0 radical (unpaired) electrons. The first-order valence-corrected chi connectivity index (χ1v) is 18.3. The second kappa shape index (κ2) is 12.7. The number of aromatic nitrogens is 4. The highest BCUT2D eigenvalue weighted by Crippen LogP contribution is 2.45. The van der Waals surface area contributed by atoms with Crippen LogP contribution >= 0.6 is 0 Å². The highest BCUT2D eigenvalue weighted by molar-refractivity contribution is 7.89. The summed E-state index contributed by atoms with van der Waals surface area (Å²) in [5, 5.41) is 17.6. The van der Waals surface area contributed by atoms with Crippen LogP contribution in [-0.4, -0.2) is 85.2 Å². The van der Waals surface area contributed by atoms with E-state index in [1.807, 2.05) is 0 Å². The third kappa shape index (κ3) is 6.91. The number of carboxylic acids is 1. The zero-order valence-corrected chi connectivity index (χ0v) is 31.4. The zero-order chi connectivity index (χ0) is 39.1. The average molecular weight is 759 g/mol. The minimum Gasteiger partial charge on any atom is -0.481 e. The molecular weight excluding hydrogens is 717 g/mol. The number of amides is 1. The van der Waals surface area contributed by atoms with E-state index in [0.717, 1.165) is 4.40 Å². The number of likely N-dealkylation sites (tertiary alicyclic amines) is 1. The smallest absolute Gasteiger partial charge is 0.452 e. The maximum atomic E-state index is 14.4. The van der Waals surface area contributed by atoms with E-state index in [9.17, 15) is 36.3 Å². The van der Waals surface area contributed by atoms with Crippen LogP contribution in [0.4, 0.5) is 18.0 Å². The van der Waals surface area contributed by atoms with Crippen LogP contribution in [0, 0.1) is 26.2 Å². The van der Waals surface area contributed by atoms with Crippen molar-refractivity contribution < 1.29 is 45.8 Å². The van der Waals surface area contributed by atoms with Crippen molar-refractivity contribution in [1.82, 2.24) is 28.8 Å². The standard InChI is InChI=1S/C36H41F3N6O7S/c1-20-13-26-29(40-15-20)51-35(17-43(18-35)32(48)52-33(4,5)6)19-44(53(26,49)50)16-24-14-23(10-9-21(24)2)27(34(7,8)31(46)47)25-11-12-45-28(22(25)3)41-42-30(45)36(37,38)39/h9-15,27H,16-19H2,1-8H3,(H,46,47)/t27-/m1/s1. The Bertz CT molecular complexity index is 2240. The maximum absolute atomic E-state index is 14.4. The van der Waals surface area contributed by atoms with Gasteiger partial charge in [-0.2, -0.15) is 17.5 Å². The van der Waals surface area contributed by atoms with Crippen molar-refractivity contribution in [2.45, 2.75) is 90.1 Å². The molecule has 1 saturated heterocycles. The second-order valence-electron chi connectivity index (χ2n) is 15.5. The molecule has 1 fully saturated rings. The molecule has 2 aliphatic heterocycles. The van der Waals surface area contributed by atoms with Crippen molar-refractivity contribution in [2.75, 3.05) is 19.6 Å². The summed E-state index contributed by atoms with van der Waals surface area (Å²) in [7, 11) is -4.23. The largest absolute Gasteiger partial charge is 0.481 e. The summed E-state index contributed by atoms with van der Waals surface area (Å²) in [5.74, 6) is -3.35. The number of benzene rings is 1. The molecule has 0 saturated carbocycles. The number of nitrogens with zero attached hydrogens (tertiary/aromatic N) is 6. The Hall–Kier alpha value is -4.77. The third-order valence-electron chi connectivity index (χ3n) is 9.72. The van der Waals surface area contributed by atoms with Crippen molar-refractivity contribution >= 4 is 27.7 Å². The van der Waals surface area contributed by atoms with E-state index < -0.39 is 56.6 Å². The van der Waals surface area contributed by atoms with Crippen molar-refractivity contribution in [3.05, 3.63) is 81.9 Å². The number of aryl methyl sites for hydroxylation is 3. The minimum atomic E-state index is -4.76. The molecule has 4 aromatic rings. The molecule has 13 nitrogen and oxygen atoms in total. The number of sulfonamides is 1. The predicted molar refractivity (Wildman–Crippen MR) is 185 cm³/mol. The number of fused-ring (bicyclic) bond motifs is 2. The number of carbonyl (C=O) groups is 2. The predicted octanol–water partition coefficient (Wildman–Crippen LogP) is 5.88. The van der Waals surface area contributed by atoms with Gasteiger partial charge in [0.2, 0.25) is 21.7 Å². The molecule has 1 N–H and O–H groups in total. The molecule has 1 amide bonds. The van der Waals surface area contributed by atoms with E-state index in [4.69, 9.17) is 9.47 Å². The molecule has 5 heterocycles. The number of aliphatic carboxylic acids is 1. The highest BCUT2D eigenvalue weighted by Gasteiger charge is 2.54. The first-order valence-electron chi connectivity index (χ1n) is 16.8. The van der Waals surface area contributed by atoms with Gasteiger partial charge in [-0.15, -0.1) is 10.2 Å². The fourth-order valence-corrected chi connectivity index (χ4v) is 8.57. The molecule has 284 valence electrons. The lowest BCUT2D eigenvalue weighted by Gasteiger charge is -2.49. The van der Waals surface area contributed by atoms with Gasteiger partial charge in [-0.05, 0) is 101 Å². The van der Waals surface area contributed by atoms with Crippen molar-refractivity contribution in [3.8, 4) is 5.88 Å². The van der Waals surface area contributed by atoms with Gasteiger partial charge in [0.1, 0.15) is 10.5 Å². The van der Waals surface area contributed by atoms with Crippen LogP contribution in [0.15, 0.2) is 47.6 Å². The zero-order valence-electron chi connectivity index (χ0n) is 30.6. The van der Waals surface area contributed by atoms with Crippen LogP contribution < -0.4 is 4.74 Å². The van der Waals surface area contributed by atoms with Crippen LogP contribution in [0.3, 0.4) is 0 Å². The molecule has 53 heavy (non-hydrogen) atoms. The van der Waals surface area contributed by atoms with Crippen LogP contribution in [0.2, 0.25) is 0 Å². The molecular formula is C36H41F3N6O7S. The minimum absolute atomic E-state index is 0.0390. The van der Waals surface area contributed by atoms with E-state index in [0.29, 0.717) is 33.4 Å². The summed E-state index contributed by atoms with van der Waals surface area (Å²) in [6, 6.07) is 8.14. The molecule has 1 spiro atoms. The molecule has 1 atom stereocenters. The Balaban J connectivity index is 1.42. The number of ether oxygens (including phenoxy) is 2. The Kier molecular flexibility index (Phi) is 9.08. The lowest BCUT2D eigenvalue weighted by atomic mass is 9.70. The molecule has 0 aliphatic carbocycles. The quantitative estimate of drug-likeness (QED) is 0.252. The lowest BCUT2D eigenvalue weighted by molar-refractivity contribution is -0.147. The molecule has 2 aliphatic rings. The molecule has 0 unspecified atom stereocenters. The van der Waals surface area contributed by atoms with Gasteiger partial charge in [0, 0.05) is 24.9 Å². The van der Waals surface area contributed by atoms with E-state index in [2.05, 4.69) is 15.2 Å². The van der Waals surface area contributed by atoms with Gasteiger partial charge in [-0.1, -0.05) is 18.2 Å². The van der Waals surface area contributed by atoms with Crippen LogP contribution in [0.25, 0.3) is 5.65 Å². The van der Waals surface area contributed by atoms with Crippen LogP contribution in [0.1, 0.15) is 79.7 Å². The van der Waals surface area contributed by atoms with Gasteiger partial charge in [0.05, 0.1) is 25.0 Å². The topological polar surface area (TPSA) is 157 Å². The molecule has 3 aromatic heterocycles. The fraction of sp³-hybridized carbons (Fsp3) is 0.472. The summed E-state index contributed by atoms with van der Waals surface area (Å²) in [6.07, 6.45) is -2.65. The van der Waals surface area contributed by atoms with Gasteiger partial charge in [-0.25, -0.2) is 18.2 Å². The van der Waals surface area contributed by atoms with E-state index in [1.165, 1.54) is 47.6 Å². The van der Waals surface area contributed by atoms with Gasteiger partial charge >= 0.3 is 18.2 Å². The van der Waals surface area contributed by atoms with E-state index >= 15 is 0 Å². The number of rotatable bonds is 6. The van der Waals surface area contributed by atoms with Crippen molar-refractivity contribution in [2.24, 2.45) is 5.41 Å². The van der Waals surface area contributed by atoms with E-state index in [-0.39, 0.29) is 42.6 Å². The number of hydrogen-bond acceptors (Lipinski definition) is 9. The average Bonchev–Trinajstić information content (AvgIpc) is 3.44. The maximum Gasteiger partial charge on any atom is 0.452 e. The fourth-order valence-electron chi connectivity index (χ4n) is 6.93. The Labute approximate surface area is 304 Å². The van der Waals surface area contributed by atoms with E-state index in [1.54, 1.807) is 59.7 Å². The van der Waals surface area contributed by atoms with Gasteiger partial charge in [0.25, 0.3) is 0 Å². The summed E-state index contributed by atoms with van der Waals surface area (Å²) in [4.78, 5) is 31.3. The second-order valence-corrected chi connectivity index (χ2v) is 17.4. The number of carboxylic acid groups (broad SMARTS) is 1. The molecule has 6 rings (SSSR count). The number of alkyl halides is 3. The normalized spacial score (nSPS) is 17.8. The van der Waals surface area contributed by atoms with Gasteiger partial charge < -0.3 is 14.6 Å². The van der Waals surface area contributed by atoms with Crippen LogP contribution in [0.5, 0.6) is 5.88 Å². The Morgan fingerprint density at radius 2 is 1.70 bits per heavy atom. The number of halogens is 3. The highest BCUT2D eigenvalue weighted by atomic mass is 32.2. The molecule has 0 bridgehead atoms. The number of carbonyl (C=O) groups excluding carboxylic acids is 1. The Morgan fingerprint density at radius 1 is 1.02 bits per heavy atom. The summed E-state index contributed by atoms with van der Waals surface area (Å²) < 4.78 is 83.7. The Morgan fingerprint density at radius 3 is 2.32 bits per heavy atom. The van der Waals surface area contributed by atoms with Gasteiger partial charge in [-0.3, -0.25) is 14.1 Å². The molecule has 1 aromatic carbocycles. The first kappa shape index (κ1) is 38.0. The summed E-state index contributed by atoms with van der Waals surface area (Å²) in [6.45, 7) is 13.1. The number of pyridine rings is 2. The van der Waals surface area contributed by atoms with Crippen LogP contribution in [-0.2, 0) is 32.3 Å². The SMILES string of the molecule is Cc1cnc2c(c1)S(=O)(=O)N(Cc1cc([C@H](c3ccn4c(C(F)(F)F)nnc4c3C)C(C)(C)C(=O)O)ccc1C)CC1(CN(C(=O)OC(C)(C)C)C1)O2. The third-order valence-corrected chi connectivity index (χ3v) is 11.5. The van der Waals surface area contributed by atoms with Crippen molar-refractivity contribution in [3.63, 3.8) is 0 Å².